The molecule has 3 N–H and O–H groups in total. The van der Waals surface area contributed by atoms with Crippen molar-refractivity contribution in [2.24, 2.45) is 5.92 Å². The van der Waals surface area contributed by atoms with E-state index in [1.807, 2.05) is 0 Å². The number of aliphatic hydroxyl groups is 1. The fourth-order valence-electron chi connectivity index (χ4n) is 13.4. The minimum absolute atomic E-state index is 0.0851. The number of unbranched alkanes of at least 4 members (excludes halogenated alkanes) is 55. The molecule has 0 fully saturated rings. The van der Waals surface area contributed by atoms with Crippen LogP contribution in [0.3, 0.4) is 0 Å². The molecule has 0 aromatic heterocycles. The number of esters is 4. The molecule has 0 aliphatic rings. The Bertz CT molecular complexity index is 2150. The van der Waals surface area contributed by atoms with Gasteiger partial charge in [0.15, 0.2) is 12.2 Å². The summed E-state index contributed by atoms with van der Waals surface area (Å²) in [5, 5.41) is 10.7. The standard InChI is InChI=1S/C89H170O17P2/c1-6-10-13-16-19-22-25-28-31-33-35-36-37-39-41-44-47-50-53-60-65-70-75-88(93)105-84(78-99-86(91)72-67-62-57-51-48-45-43-40-38-34-32-29-26-23-20-17-14-11-7-2)80-103-107(95,96)101-76-83(90)77-102-108(97,98)104-81-85(79-100-87(92)73-68-63-58-55-54-56-61-66-71-82(5)9-4)106-89(94)74-69-64-59-52-49-46-42-30-27-24-21-18-15-12-8-3/h24,27,30,42,82-85,90H,6-23,25-26,28-29,31-41,43-81H2,1-5H3,(H,95,96)(H,97,98)/b27-24-,42-30-/t82?,83-,84-,85-/m1/s1. The summed E-state index contributed by atoms with van der Waals surface area (Å²) in [5.41, 5.74) is 0. The summed E-state index contributed by atoms with van der Waals surface area (Å²) < 4.78 is 68.9. The summed E-state index contributed by atoms with van der Waals surface area (Å²) in [6.07, 6.45) is 78.7. The highest BCUT2D eigenvalue weighted by molar-refractivity contribution is 7.47. The van der Waals surface area contributed by atoms with Crippen LogP contribution in [-0.4, -0.2) is 96.7 Å². The van der Waals surface area contributed by atoms with Crippen molar-refractivity contribution in [1.82, 2.24) is 0 Å². The van der Waals surface area contributed by atoms with Gasteiger partial charge < -0.3 is 33.8 Å². The Balaban J connectivity index is 5.27. The lowest BCUT2D eigenvalue weighted by Crippen LogP contribution is -2.30. The summed E-state index contributed by atoms with van der Waals surface area (Å²) in [4.78, 5) is 73.3. The number of rotatable bonds is 87. The van der Waals surface area contributed by atoms with E-state index in [1.165, 1.54) is 270 Å². The molecule has 0 amide bonds. The van der Waals surface area contributed by atoms with Crippen molar-refractivity contribution in [3.05, 3.63) is 24.3 Å². The van der Waals surface area contributed by atoms with Gasteiger partial charge in [-0.05, 0) is 57.3 Å². The fraction of sp³-hybridized carbons (Fsp3) is 0.910. The van der Waals surface area contributed by atoms with E-state index in [0.29, 0.717) is 25.7 Å². The smallest absolute Gasteiger partial charge is 0.462 e. The zero-order valence-corrected chi connectivity index (χ0v) is 72.3. The molecule has 0 aromatic rings. The average molecular weight is 1570 g/mol. The van der Waals surface area contributed by atoms with Crippen molar-refractivity contribution in [2.45, 2.75) is 477 Å². The number of carbonyl (C=O) groups excluding carboxylic acids is 4. The Labute approximate surface area is 663 Å². The summed E-state index contributed by atoms with van der Waals surface area (Å²) in [7, 11) is -9.94. The van der Waals surface area contributed by atoms with E-state index in [9.17, 15) is 43.2 Å². The lowest BCUT2D eigenvalue weighted by atomic mass is 9.99. The van der Waals surface area contributed by atoms with E-state index >= 15 is 0 Å². The molecule has 0 bridgehead atoms. The summed E-state index contributed by atoms with van der Waals surface area (Å²) in [6, 6.07) is 0. The third kappa shape index (κ3) is 80.2. The first kappa shape index (κ1) is 106. The predicted octanol–water partition coefficient (Wildman–Crippen LogP) is 27.1. The normalized spacial score (nSPS) is 14.1. The lowest BCUT2D eigenvalue weighted by molar-refractivity contribution is -0.161. The Morgan fingerprint density at radius 1 is 0.296 bits per heavy atom. The van der Waals surface area contributed by atoms with Crippen LogP contribution in [0.25, 0.3) is 0 Å². The van der Waals surface area contributed by atoms with Gasteiger partial charge in [-0.1, -0.05) is 406 Å². The van der Waals surface area contributed by atoms with Crippen molar-refractivity contribution in [3.8, 4) is 0 Å². The first-order valence-corrected chi connectivity index (χ1v) is 48.5. The summed E-state index contributed by atoms with van der Waals surface area (Å²) in [6.45, 7) is 7.31. The van der Waals surface area contributed by atoms with Gasteiger partial charge in [0.05, 0.1) is 26.4 Å². The second-order valence-electron chi connectivity index (χ2n) is 31.5. The quantitative estimate of drug-likeness (QED) is 0.0169. The molecule has 0 aliphatic carbocycles. The number of allylic oxidation sites excluding steroid dienone is 4. The molecule has 0 aliphatic heterocycles. The van der Waals surface area contributed by atoms with Crippen molar-refractivity contribution >= 4 is 39.5 Å². The Morgan fingerprint density at radius 3 is 0.787 bits per heavy atom. The van der Waals surface area contributed by atoms with Crippen LogP contribution >= 0.6 is 15.6 Å². The monoisotopic (exact) mass is 1570 g/mol. The van der Waals surface area contributed by atoms with Crippen LogP contribution in [0.15, 0.2) is 24.3 Å². The maximum Gasteiger partial charge on any atom is 0.472 e. The van der Waals surface area contributed by atoms with E-state index in [-0.39, 0.29) is 25.7 Å². The van der Waals surface area contributed by atoms with Gasteiger partial charge in [-0.25, -0.2) is 9.13 Å². The second-order valence-corrected chi connectivity index (χ2v) is 34.5. The number of aliphatic hydroxyl groups excluding tert-OH is 1. The van der Waals surface area contributed by atoms with Gasteiger partial charge >= 0.3 is 39.5 Å². The van der Waals surface area contributed by atoms with Crippen molar-refractivity contribution in [1.29, 1.82) is 0 Å². The van der Waals surface area contributed by atoms with Gasteiger partial charge in [0.1, 0.15) is 19.3 Å². The summed E-state index contributed by atoms with van der Waals surface area (Å²) in [5.74, 6) is -1.35. The molecule has 0 rings (SSSR count). The van der Waals surface area contributed by atoms with Gasteiger partial charge in [-0.2, -0.15) is 0 Å². The number of hydrogen-bond donors (Lipinski definition) is 3. The number of phosphoric ester groups is 2. The van der Waals surface area contributed by atoms with Crippen LogP contribution in [0.2, 0.25) is 0 Å². The molecular weight excluding hydrogens is 1400 g/mol. The maximum atomic E-state index is 13.2. The predicted molar refractivity (Wildman–Crippen MR) is 446 cm³/mol. The fourth-order valence-corrected chi connectivity index (χ4v) is 15.0. The molecule has 19 heteroatoms. The van der Waals surface area contributed by atoms with E-state index in [1.54, 1.807) is 0 Å². The Kier molecular flexibility index (Phi) is 79.3. The SMILES string of the molecule is CCCCCC/C=C\C=C/CCCCCCCC(=O)O[C@H](COC(=O)CCCCCCCCCCC(C)CC)COP(=O)(O)OC[C@H](O)COP(=O)(O)OC[C@@H](COC(=O)CCCCCCCCCCCCCCCCCCCCC)OC(=O)CCCCCCCCCCCCCCCCCCCCCCCC. The van der Waals surface area contributed by atoms with Gasteiger partial charge in [0.25, 0.3) is 0 Å². The number of ether oxygens (including phenoxy) is 4. The third-order valence-electron chi connectivity index (χ3n) is 20.8. The summed E-state index contributed by atoms with van der Waals surface area (Å²) >= 11 is 0. The molecule has 0 spiro atoms. The third-order valence-corrected chi connectivity index (χ3v) is 22.7. The minimum atomic E-state index is -4.97. The molecule has 17 nitrogen and oxygen atoms in total. The van der Waals surface area contributed by atoms with Crippen LogP contribution in [0.4, 0.5) is 0 Å². The number of phosphoric acid groups is 2. The largest absolute Gasteiger partial charge is 0.472 e. The molecule has 0 saturated heterocycles. The zero-order chi connectivity index (χ0) is 79.0. The topological polar surface area (TPSA) is 237 Å². The van der Waals surface area contributed by atoms with Crippen LogP contribution in [0.5, 0.6) is 0 Å². The zero-order valence-electron chi connectivity index (χ0n) is 70.5. The number of carbonyl (C=O) groups is 4. The number of hydrogen-bond acceptors (Lipinski definition) is 15. The van der Waals surface area contributed by atoms with E-state index < -0.39 is 97.5 Å². The minimum Gasteiger partial charge on any atom is -0.462 e. The average Bonchev–Trinajstić information content (AvgIpc) is 0.899. The molecule has 638 valence electrons. The molecular formula is C89H170O17P2. The van der Waals surface area contributed by atoms with Crippen molar-refractivity contribution in [2.75, 3.05) is 39.6 Å². The Hall–Kier alpha value is -2.46. The molecule has 0 heterocycles. The van der Waals surface area contributed by atoms with Crippen LogP contribution < -0.4 is 0 Å². The Morgan fingerprint density at radius 2 is 0.519 bits per heavy atom. The lowest BCUT2D eigenvalue weighted by Gasteiger charge is -2.21. The van der Waals surface area contributed by atoms with Crippen LogP contribution in [0, 0.1) is 5.92 Å². The van der Waals surface area contributed by atoms with Crippen LogP contribution in [-0.2, 0) is 65.4 Å². The van der Waals surface area contributed by atoms with E-state index in [0.717, 1.165) is 109 Å². The van der Waals surface area contributed by atoms with Gasteiger partial charge in [0.2, 0.25) is 0 Å². The maximum absolute atomic E-state index is 13.2. The first-order chi connectivity index (χ1) is 52.6. The molecule has 108 heavy (non-hydrogen) atoms. The highest BCUT2D eigenvalue weighted by atomic mass is 31.2. The van der Waals surface area contributed by atoms with Crippen molar-refractivity contribution in [3.63, 3.8) is 0 Å². The molecule has 0 aromatic carbocycles. The van der Waals surface area contributed by atoms with Gasteiger partial charge in [0, 0.05) is 25.7 Å². The van der Waals surface area contributed by atoms with Gasteiger partial charge in [-0.3, -0.25) is 37.3 Å². The molecule has 0 radical (unpaired) electrons. The highest BCUT2D eigenvalue weighted by Crippen LogP contribution is 2.45. The highest BCUT2D eigenvalue weighted by Gasteiger charge is 2.30. The van der Waals surface area contributed by atoms with E-state index in [4.69, 9.17) is 37.0 Å². The second kappa shape index (κ2) is 81.1. The van der Waals surface area contributed by atoms with Gasteiger partial charge in [-0.15, -0.1) is 0 Å². The molecule has 6 atom stereocenters. The molecule has 3 unspecified atom stereocenters. The van der Waals surface area contributed by atoms with Crippen LogP contribution in [0.1, 0.15) is 458 Å². The van der Waals surface area contributed by atoms with E-state index in [2.05, 4.69) is 58.9 Å². The van der Waals surface area contributed by atoms with Crippen molar-refractivity contribution < 1.29 is 80.2 Å². The molecule has 0 saturated carbocycles. The first-order valence-electron chi connectivity index (χ1n) is 45.5.